The molecule has 0 unspecified atom stereocenters. The zero-order chi connectivity index (χ0) is 25.7. The minimum absolute atomic E-state index is 0.143. The molecule has 0 aliphatic heterocycles. The van der Waals surface area contributed by atoms with Gasteiger partial charge in [-0.05, 0) is 48.0 Å². The third kappa shape index (κ3) is 5.36. The number of nitrogens with zero attached hydrogens (tertiary/aromatic N) is 2. The Bertz CT molecular complexity index is 1380. The predicted molar refractivity (Wildman–Crippen MR) is 143 cm³/mol. The summed E-state index contributed by atoms with van der Waals surface area (Å²) in [4.78, 5) is 18.5. The molecule has 0 atom stereocenters. The van der Waals surface area contributed by atoms with Crippen LogP contribution in [0.2, 0.25) is 0 Å². The van der Waals surface area contributed by atoms with Crippen molar-refractivity contribution in [1.82, 2.24) is 10.4 Å². The summed E-state index contributed by atoms with van der Waals surface area (Å²) in [6, 6.07) is 17.4. The Hall–Kier alpha value is -3.46. The van der Waals surface area contributed by atoms with Crippen LogP contribution in [0.4, 0.5) is 25.0 Å². The number of benzene rings is 3. The number of alkyl halides is 2. The molecule has 1 aromatic heterocycles. The van der Waals surface area contributed by atoms with Gasteiger partial charge >= 0.3 is 6.03 Å². The molecule has 2 amide bonds. The minimum Gasteiger partial charge on any atom is -0.369 e. The lowest BCUT2D eigenvalue weighted by atomic mass is 9.95. The molecule has 0 fully saturated rings. The van der Waals surface area contributed by atoms with Gasteiger partial charge in [0.15, 0.2) is 0 Å². The number of hydrogen-bond donors (Lipinski definition) is 3. The number of carbonyl (C=O) groups is 1. The maximum Gasteiger partial charge on any atom is 0.333 e. The highest BCUT2D eigenvalue weighted by Gasteiger charge is 2.20. The number of rotatable bonds is 8. The van der Waals surface area contributed by atoms with E-state index >= 15 is 0 Å². The van der Waals surface area contributed by atoms with Crippen LogP contribution in [0.5, 0.6) is 0 Å². The van der Waals surface area contributed by atoms with Gasteiger partial charge in [-0.2, -0.15) is 0 Å². The average Bonchev–Trinajstić information content (AvgIpc) is 2.88. The smallest absolute Gasteiger partial charge is 0.333 e. The Morgan fingerprint density at radius 2 is 1.61 bits per heavy atom. The number of carbonyl (C=O) groups excluding carboxylic acids is 1. The SMILES string of the molecule is NNC(=O)Nc1ccc(N(CCCl)CCCl)c(-c2cc(-c3c(F)cccc3F)nc3ccccc23)c1. The van der Waals surface area contributed by atoms with E-state index < -0.39 is 17.7 Å². The van der Waals surface area contributed by atoms with Gasteiger partial charge in [-0.25, -0.2) is 24.4 Å². The van der Waals surface area contributed by atoms with Crippen molar-refractivity contribution in [1.29, 1.82) is 0 Å². The molecule has 3 aromatic carbocycles. The molecule has 0 aliphatic rings. The van der Waals surface area contributed by atoms with Gasteiger partial charge in [0.05, 0.1) is 16.8 Å². The summed E-state index contributed by atoms with van der Waals surface area (Å²) < 4.78 is 29.5. The first-order valence-electron chi connectivity index (χ1n) is 11.1. The van der Waals surface area contributed by atoms with Gasteiger partial charge in [-0.15, -0.1) is 23.2 Å². The van der Waals surface area contributed by atoms with E-state index in [1.165, 1.54) is 18.2 Å². The Labute approximate surface area is 217 Å². The van der Waals surface area contributed by atoms with Crippen molar-refractivity contribution in [3.05, 3.63) is 78.4 Å². The molecule has 0 aliphatic carbocycles. The number of hydrazine groups is 1. The maximum absolute atomic E-state index is 14.7. The van der Waals surface area contributed by atoms with Crippen LogP contribution in [0.15, 0.2) is 66.7 Å². The lowest BCUT2D eigenvalue weighted by molar-refractivity contribution is 0.252. The first kappa shape index (κ1) is 25.6. The van der Waals surface area contributed by atoms with Crippen LogP contribution in [0, 0.1) is 11.6 Å². The molecule has 0 spiro atoms. The molecule has 10 heteroatoms. The monoisotopic (exact) mass is 529 g/mol. The number of fused-ring (bicyclic) bond motifs is 1. The van der Waals surface area contributed by atoms with Gasteiger partial charge in [-0.3, -0.25) is 5.43 Å². The molecular formula is C26H23Cl2F2N5O. The largest absolute Gasteiger partial charge is 0.369 e. The van der Waals surface area contributed by atoms with Crippen LogP contribution in [-0.4, -0.2) is 35.9 Å². The molecule has 0 saturated carbocycles. The van der Waals surface area contributed by atoms with E-state index in [0.717, 1.165) is 11.1 Å². The first-order chi connectivity index (χ1) is 17.5. The fraction of sp³-hybridized carbons (Fsp3) is 0.154. The molecule has 0 bridgehead atoms. The van der Waals surface area contributed by atoms with E-state index in [9.17, 15) is 13.6 Å². The lowest BCUT2D eigenvalue weighted by Gasteiger charge is -2.27. The Kier molecular flexibility index (Phi) is 8.20. The Balaban J connectivity index is 2.02. The van der Waals surface area contributed by atoms with Crippen molar-refractivity contribution in [2.24, 2.45) is 5.84 Å². The van der Waals surface area contributed by atoms with Gasteiger partial charge in [-0.1, -0.05) is 24.3 Å². The zero-order valence-electron chi connectivity index (χ0n) is 19.1. The van der Waals surface area contributed by atoms with Crippen molar-refractivity contribution in [2.45, 2.75) is 0 Å². The van der Waals surface area contributed by atoms with Crippen LogP contribution in [0.3, 0.4) is 0 Å². The van der Waals surface area contributed by atoms with E-state index in [0.29, 0.717) is 47.2 Å². The number of aromatic nitrogens is 1. The molecule has 1 heterocycles. The summed E-state index contributed by atoms with van der Waals surface area (Å²) in [5.41, 5.74) is 5.12. The lowest BCUT2D eigenvalue weighted by Crippen LogP contribution is -2.34. The molecule has 4 rings (SSSR count). The summed E-state index contributed by atoms with van der Waals surface area (Å²) in [6.45, 7) is 1.02. The van der Waals surface area contributed by atoms with E-state index in [1.54, 1.807) is 30.3 Å². The molecule has 0 saturated heterocycles. The molecule has 4 aromatic rings. The van der Waals surface area contributed by atoms with Crippen molar-refractivity contribution in [3.8, 4) is 22.4 Å². The Morgan fingerprint density at radius 1 is 0.917 bits per heavy atom. The predicted octanol–water partition coefficient (Wildman–Crippen LogP) is 6.13. The van der Waals surface area contributed by atoms with Crippen LogP contribution in [0.25, 0.3) is 33.3 Å². The molecule has 4 N–H and O–H groups in total. The summed E-state index contributed by atoms with van der Waals surface area (Å²) in [5, 5.41) is 3.42. The average molecular weight is 530 g/mol. The van der Waals surface area contributed by atoms with E-state index in [2.05, 4.69) is 10.3 Å². The van der Waals surface area contributed by atoms with Crippen LogP contribution < -0.4 is 21.5 Å². The number of nitrogens with two attached hydrogens (primary N) is 1. The summed E-state index contributed by atoms with van der Waals surface area (Å²) in [6.07, 6.45) is 0. The maximum atomic E-state index is 14.7. The number of nitrogens with one attached hydrogen (secondary N) is 2. The topological polar surface area (TPSA) is 83.3 Å². The van der Waals surface area contributed by atoms with E-state index in [4.69, 9.17) is 29.0 Å². The number of halogens is 4. The summed E-state index contributed by atoms with van der Waals surface area (Å²) in [5.74, 6) is 4.51. The van der Waals surface area contributed by atoms with Crippen molar-refractivity contribution < 1.29 is 13.6 Å². The van der Waals surface area contributed by atoms with E-state index in [1.807, 2.05) is 28.5 Å². The fourth-order valence-electron chi connectivity index (χ4n) is 4.10. The second-order valence-corrected chi connectivity index (χ2v) is 8.62. The van der Waals surface area contributed by atoms with Gasteiger partial charge in [0.25, 0.3) is 0 Å². The van der Waals surface area contributed by atoms with Gasteiger partial charge in [0.2, 0.25) is 0 Å². The quantitative estimate of drug-likeness (QED) is 0.111. The number of urea groups is 1. The van der Waals surface area contributed by atoms with Gasteiger partial charge < -0.3 is 10.2 Å². The molecule has 186 valence electrons. The van der Waals surface area contributed by atoms with E-state index in [-0.39, 0.29) is 11.3 Å². The number of para-hydroxylation sites is 1. The second kappa shape index (κ2) is 11.5. The van der Waals surface area contributed by atoms with Crippen LogP contribution in [-0.2, 0) is 0 Å². The molecular weight excluding hydrogens is 507 g/mol. The third-order valence-electron chi connectivity index (χ3n) is 5.66. The van der Waals surface area contributed by atoms with Crippen LogP contribution >= 0.6 is 23.2 Å². The molecule has 6 nitrogen and oxygen atoms in total. The van der Waals surface area contributed by atoms with Crippen molar-refractivity contribution in [3.63, 3.8) is 0 Å². The minimum atomic E-state index is -0.718. The highest BCUT2D eigenvalue weighted by atomic mass is 35.5. The first-order valence-corrected chi connectivity index (χ1v) is 12.2. The molecule has 0 radical (unpaired) electrons. The summed E-state index contributed by atoms with van der Waals surface area (Å²) >= 11 is 12.2. The van der Waals surface area contributed by atoms with Crippen molar-refractivity contribution in [2.75, 3.05) is 35.1 Å². The van der Waals surface area contributed by atoms with Crippen molar-refractivity contribution >= 4 is 51.5 Å². The number of hydrogen-bond acceptors (Lipinski definition) is 4. The number of amides is 2. The zero-order valence-corrected chi connectivity index (χ0v) is 20.6. The van der Waals surface area contributed by atoms with Crippen LogP contribution in [0.1, 0.15) is 0 Å². The fourth-order valence-corrected chi connectivity index (χ4v) is 4.51. The number of pyridine rings is 1. The Morgan fingerprint density at radius 3 is 2.28 bits per heavy atom. The second-order valence-electron chi connectivity index (χ2n) is 7.86. The normalized spacial score (nSPS) is 10.9. The third-order valence-corrected chi connectivity index (χ3v) is 6.00. The van der Waals surface area contributed by atoms with Gasteiger partial charge in [0.1, 0.15) is 11.6 Å². The highest BCUT2D eigenvalue weighted by Crippen LogP contribution is 2.40. The van der Waals surface area contributed by atoms with Gasteiger partial charge in [0, 0.05) is 47.2 Å². The highest BCUT2D eigenvalue weighted by molar-refractivity contribution is 6.18. The number of anilines is 2. The standard InChI is InChI=1S/C26H23Cl2F2N5O/c27-10-12-35(13-11-28)24-9-8-16(32-26(36)34-31)14-19(24)18-15-23(25-20(29)5-3-6-21(25)30)33-22-7-2-1-4-17(18)22/h1-9,14-15H,10-13,31H2,(H2,32,34,36). The summed E-state index contributed by atoms with van der Waals surface area (Å²) in [7, 11) is 0. The molecule has 36 heavy (non-hydrogen) atoms.